The lowest BCUT2D eigenvalue weighted by Crippen LogP contribution is -1.96. The minimum atomic E-state index is 0.644. The van der Waals surface area contributed by atoms with Crippen LogP contribution >= 0.6 is 11.6 Å². The summed E-state index contributed by atoms with van der Waals surface area (Å²) >= 11 is 6.87. The topological polar surface area (TPSA) is 51.6 Å². The van der Waals surface area contributed by atoms with Gasteiger partial charge in [-0.15, -0.1) is 0 Å². The third-order valence-electron chi connectivity index (χ3n) is 9.54. The molecule has 9 aromatic rings. The van der Waals surface area contributed by atoms with E-state index in [-0.39, 0.29) is 0 Å². The Morgan fingerprint density at radius 3 is 0.836 bits per heavy atom. The van der Waals surface area contributed by atoms with Crippen LogP contribution in [0.15, 0.2) is 200 Å². The standard InChI is InChI=1S/C50H33ClN4/c51-44-30-42(38-23-13-25-40(27-38)49-52-45(34-15-5-1-6-16-34)32-46(53-49)35-17-7-2-8-18-35)29-43(31-44)39-24-14-26-41(28-39)50-54-47(36-19-9-3-10-20-36)33-48(55-50)37-21-11-4-12-22-37/h1-33H. The molecule has 0 radical (unpaired) electrons. The summed E-state index contributed by atoms with van der Waals surface area (Å²) in [6.07, 6.45) is 0. The summed E-state index contributed by atoms with van der Waals surface area (Å²) in [4.78, 5) is 20.2. The summed E-state index contributed by atoms with van der Waals surface area (Å²) in [5.41, 5.74) is 13.5. The number of hydrogen-bond acceptors (Lipinski definition) is 4. The first-order chi connectivity index (χ1) is 27.1. The summed E-state index contributed by atoms with van der Waals surface area (Å²) < 4.78 is 0. The number of rotatable bonds is 8. The first-order valence-corrected chi connectivity index (χ1v) is 18.5. The minimum absolute atomic E-state index is 0.644. The smallest absolute Gasteiger partial charge is 0.160 e. The Morgan fingerprint density at radius 2 is 0.509 bits per heavy atom. The van der Waals surface area contributed by atoms with E-state index in [1.54, 1.807) is 0 Å². The zero-order valence-corrected chi connectivity index (χ0v) is 30.5. The maximum atomic E-state index is 6.87. The SMILES string of the molecule is Clc1cc(-c2cccc(-c3nc(-c4ccccc4)cc(-c4ccccc4)n3)c2)cc(-c2cccc(-c3nc(-c4ccccc4)cc(-c4ccccc4)n3)c2)c1. The van der Waals surface area contributed by atoms with E-state index in [1.165, 1.54) is 0 Å². The molecule has 4 nitrogen and oxygen atoms in total. The number of aromatic nitrogens is 4. The van der Waals surface area contributed by atoms with E-state index in [4.69, 9.17) is 31.5 Å². The van der Waals surface area contributed by atoms with Crippen molar-refractivity contribution in [2.24, 2.45) is 0 Å². The molecule has 0 aliphatic heterocycles. The number of hydrogen-bond donors (Lipinski definition) is 0. The molecule has 2 heterocycles. The minimum Gasteiger partial charge on any atom is -0.228 e. The van der Waals surface area contributed by atoms with E-state index in [2.05, 4.69) is 103 Å². The van der Waals surface area contributed by atoms with E-state index in [1.807, 2.05) is 97.1 Å². The van der Waals surface area contributed by atoms with Crippen molar-refractivity contribution in [3.63, 3.8) is 0 Å². The molecule has 0 atom stereocenters. The van der Waals surface area contributed by atoms with Gasteiger partial charge in [0.15, 0.2) is 11.6 Å². The lowest BCUT2D eigenvalue weighted by Gasteiger charge is -2.12. The van der Waals surface area contributed by atoms with Gasteiger partial charge < -0.3 is 0 Å². The molecule has 0 bridgehead atoms. The highest BCUT2D eigenvalue weighted by Gasteiger charge is 2.14. The van der Waals surface area contributed by atoms with Gasteiger partial charge in [-0.25, -0.2) is 19.9 Å². The highest BCUT2D eigenvalue weighted by molar-refractivity contribution is 6.31. The Bertz CT molecular complexity index is 2450. The van der Waals surface area contributed by atoms with Crippen LogP contribution in [-0.4, -0.2) is 19.9 Å². The molecule has 260 valence electrons. The Kier molecular flexibility index (Phi) is 9.31. The third-order valence-corrected chi connectivity index (χ3v) is 9.75. The van der Waals surface area contributed by atoms with Gasteiger partial charge in [0.1, 0.15) is 0 Å². The maximum Gasteiger partial charge on any atom is 0.160 e. The van der Waals surface area contributed by atoms with E-state index in [9.17, 15) is 0 Å². The quantitative estimate of drug-likeness (QED) is 0.157. The Labute approximate surface area is 325 Å². The molecule has 0 aliphatic carbocycles. The van der Waals surface area contributed by atoms with Crippen LogP contribution in [0.25, 0.3) is 90.1 Å². The molecule has 5 heteroatoms. The first kappa shape index (κ1) is 33.8. The van der Waals surface area contributed by atoms with Crippen LogP contribution in [0.3, 0.4) is 0 Å². The van der Waals surface area contributed by atoms with Gasteiger partial charge in [0.25, 0.3) is 0 Å². The van der Waals surface area contributed by atoms with E-state index in [0.29, 0.717) is 16.7 Å². The van der Waals surface area contributed by atoms with Gasteiger partial charge in [0.2, 0.25) is 0 Å². The highest BCUT2D eigenvalue weighted by Crippen LogP contribution is 2.35. The van der Waals surface area contributed by atoms with E-state index < -0.39 is 0 Å². The molecule has 0 fully saturated rings. The zero-order valence-electron chi connectivity index (χ0n) is 29.7. The second-order valence-electron chi connectivity index (χ2n) is 13.3. The van der Waals surface area contributed by atoms with Crippen LogP contribution in [0.4, 0.5) is 0 Å². The molecule has 0 amide bonds. The van der Waals surface area contributed by atoms with Crippen molar-refractivity contribution in [1.29, 1.82) is 0 Å². The van der Waals surface area contributed by atoms with Crippen molar-refractivity contribution in [3.05, 3.63) is 205 Å². The summed E-state index contributed by atoms with van der Waals surface area (Å²) in [6.45, 7) is 0. The fourth-order valence-electron chi connectivity index (χ4n) is 6.78. The summed E-state index contributed by atoms with van der Waals surface area (Å²) in [7, 11) is 0. The van der Waals surface area contributed by atoms with Crippen molar-refractivity contribution >= 4 is 11.6 Å². The fourth-order valence-corrected chi connectivity index (χ4v) is 7.01. The van der Waals surface area contributed by atoms with Gasteiger partial charge in [0, 0.05) is 38.4 Å². The summed E-state index contributed by atoms with van der Waals surface area (Å²) in [5, 5.41) is 0.644. The number of benzene rings is 7. The molecule has 0 saturated carbocycles. The number of nitrogens with zero attached hydrogens (tertiary/aromatic N) is 4. The molecular formula is C50H33ClN4. The normalized spacial score (nSPS) is 11.0. The van der Waals surface area contributed by atoms with Crippen LogP contribution < -0.4 is 0 Å². The van der Waals surface area contributed by atoms with E-state index >= 15 is 0 Å². The lowest BCUT2D eigenvalue weighted by molar-refractivity contribution is 1.18. The van der Waals surface area contributed by atoms with Gasteiger partial charge >= 0.3 is 0 Å². The van der Waals surface area contributed by atoms with E-state index in [0.717, 1.165) is 78.4 Å². The second-order valence-corrected chi connectivity index (χ2v) is 13.7. The molecule has 7 aromatic carbocycles. The van der Waals surface area contributed by atoms with Gasteiger partial charge in [0.05, 0.1) is 22.8 Å². The molecule has 9 rings (SSSR count). The zero-order chi connectivity index (χ0) is 37.0. The van der Waals surface area contributed by atoms with Crippen LogP contribution in [0, 0.1) is 0 Å². The lowest BCUT2D eigenvalue weighted by atomic mass is 9.96. The second kappa shape index (κ2) is 15.2. The monoisotopic (exact) mass is 724 g/mol. The van der Waals surface area contributed by atoms with Crippen LogP contribution in [0.5, 0.6) is 0 Å². The molecule has 0 N–H and O–H groups in total. The Balaban J connectivity index is 1.10. The average molecular weight is 725 g/mol. The molecule has 0 saturated heterocycles. The van der Waals surface area contributed by atoms with Crippen molar-refractivity contribution in [1.82, 2.24) is 19.9 Å². The molecule has 2 aromatic heterocycles. The van der Waals surface area contributed by atoms with Crippen molar-refractivity contribution in [3.8, 4) is 90.1 Å². The molecular weight excluding hydrogens is 692 g/mol. The predicted octanol–water partition coefficient (Wildman–Crippen LogP) is 13.3. The van der Waals surface area contributed by atoms with Crippen molar-refractivity contribution in [2.45, 2.75) is 0 Å². The van der Waals surface area contributed by atoms with Gasteiger partial charge in [-0.2, -0.15) is 0 Å². The molecule has 0 spiro atoms. The van der Waals surface area contributed by atoms with Crippen LogP contribution in [-0.2, 0) is 0 Å². The maximum absolute atomic E-state index is 6.87. The molecule has 55 heavy (non-hydrogen) atoms. The Morgan fingerprint density at radius 1 is 0.236 bits per heavy atom. The summed E-state index contributed by atoms with van der Waals surface area (Å²) in [5.74, 6) is 1.31. The van der Waals surface area contributed by atoms with Crippen LogP contribution in [0.2, 0.25) is 5.02 Å². The largest absolute Gasteiger partial charge is 0.228 e. The molecule has 0 aliphatic rings. The highest BCUT2D eigenvalue weighted by atomic mass is 35.5. The summed E-state index contributed by atoms with van der Waals surface area (Å²) in [6, 6.07) is 67.9. The average Bonchev–Trinajstić information content (AvgIpc) is 3.27. The number of halogens is 1. The first-order valence-electron chi connectivity index (χ1n) is 18.2. The third kappa shape index (κ3) is 7.45. The van der Waals surface area contributed by atoms with Gasteiger partial charge in [-0.3, -0.25) is 0 Å². The van der Waals surface area contributed by atoms with Gasteiger partial charge in [-0.1, -0.05) is 169 Å². The fraction of sp³-hybridized carbons (Fsp3) is 0. The predicted molar refractivity (Wildman–Crippen MR) is 226 cm³/mol. The van der Waals surface area contributed by atoms with Crippen molar-refractivity contribution in [2.75, 3.05) is 0 Å². The van der Waals surface area contributed by atoms with Gasteiger partial charge in [-0.05, 0) is 64.7 Å². The van der Waals surface area contributed by atoms with Crippen LogP contribution in [0.1, 0.15) is 0 Å². The Hall–Kier alpha value is -7.01. The van der Waals surface area contributed by atoms with Crippen molar-refractivity contribution < 1.29 is 0 Å². The molecule has 0 unspecified atom stereocenters.